The van der Waals surface area contributed by atoms with Crippen LogP contribution in [0.1, 0.15) is 31.7 Å². The topological polar surface area (TPSA) is 75.2 Å². The number of ether oxygens (including phenoxy) is 1. The molecule has 1 fully saturated rings. The van der Waals surface area contributed by atoms with Gasteiger partial charge in [0.15, 0.2) is 0 Å². The summed E-state index contributed by atoms with van der Waals surface area (Å²) < 4.78 is 5.59. The highest BCUT2D eigenvalue weighted by Crippen LogP contribution is 2.31. The molecule has 1 aliphatic rings. The van der Waals surface area contributed by atoms with Gasteiger partial charge in [-0.15, -0.1) is 0 Å². The van der Waals surface area contributed by atoms with Gasteiger partial charge in [-0.3, -0.25) is 4.79 Å². The van der Waals surface area contributed by atoms with Crippen molar-refractivity contribution in [2.45, 2.75) is 32.0 Å². The molecule has 15 heavy (non-hydrogen) atoms. The highest BCUT2D eigenvalue weighted by atomic mass is 79.9. The Morgan fingerprint density at radius 2 is 2.33 bits per heavy atom. The van der Waals surface area contributed by atoms with E-state index < -0.39 is 0 Å². The number of halogens is 1. The molecule has 2 rings (SSSR count). The summed E-state index contributed by atoms with van der Waals surface area (Å²) in [7, 11) is 0. The maximum absolute atomic E-state index is 11.3. The molecule has 0 aromatic carbocycles. The normalized spacial score (nSPS) is 25.7. The number of nitrogens with zero attached hydrogens (tertiary/aromatic N) is 1. The number of aromatic amines is 1. The van der Waals surface area contributed by atoms with E-state index >= 15 is 0 Å². The second kappa shape index (κ2) is 3.94. The van der Waals surface area contributed by atoms with Crippen molar-refractivity contribution < 1.29 is 9.84 Å². The molecule has 1 saturated heterocycles. The van der Waals surface area contributed by atoms with E-state index in [4.69, 9.17) is 4.74 Å². The summed E-state index contributed by atoms with van der Waals surface area (Å²) in [4.78, 5) is 17.8. The van der Waals surface area contributed by atoms with Crippen LogP contribution < -0.4 is 5.56 Å². The number of aromatic nitrogens is 2. The maximum atomic E-state index is 11.3. The molecular weight excluding hydrogens is 264 g/mol. The third-order valence-corrected chi connectivity index (χ3v) is 3.12. The number of hydrogen-bond donors (Lipinski definition) is 2. The van der Waals surface area contributed by atoms with Crippen LogP contribution in [-0.4, -0.2) is 21.2 Å². The van der Waals surface area contributed by atoms with E-state index in [1.165, 1.54) is 0 Å². The average Bonchev–Trinajstić information content (AvgIpc) is 2.60. The van der Waals surface area contributed by atoms with E-state index in [1.54, 1.807) is 0 Å². The van der Waals surface area contributed by atoms with Gasteiger partial charge < -0.3 is 14.8 Å². The van der Waals surface area contributed by atoms with Gasteiger partial charge in [-0.25, -0.2) is 0 Å². The largest absolute Gasteiger partial charge is 0.492 e. The number of rotatable bonds is 1. The molecule has 82 valence electrons. The van der Waals surface area contributed by atoms with Crippen molar-refractivity contribution in [2.24, 2.45) is 0 Å². The van der Waals surface area contributed by atoms with Crippen LogP contribution in [0.5, 0.6) is 5.88 Å². The van der Waals surface area contributed by atoms with Crippen LogP contribution >= 0.6 is 15.9 Å². The summed E-state index contributed by atoms with van der Waals surface area (Å²) in [6.07, 6.45) is 1.70. The van der Waals surface area contributed by atoms with Crippen molar-refractivity contribution in [3.8, 4) is 5.88 Å². The van der Waals surface area contributed by atoms with Gasteiger partial charge in [-0.05, 0) is 35.7 Å². The molecule has 0 amide bonds. The van der Waals surface area contributed by atoms with Crippen molar-refractivity contribution in [1.82, 2.24) is 9.97 Å². The van der Waals surface area contributed by atoms with Crippen molar-refractivity contribution >= 4 is 15.9 Å². The Morgan fingerprint density at radius 1 is 1.60 bits per heavy atom. The van der Waals surface area contributed by atoms with E-state index in [9.17, 15) is 9.90 Å². The Morgan fingerprint density at radius 3 is 2.87 bits per heavy atom. The monoisotopic (exact) mass is 274 g/mol. The summed E-state index contributed by atoms with van der Waals surface area (Å²) >= 11 is 2.94. The summed E-state index contributed by atoms with van der Waals surface area (Å²) in [5.41, 5.74) is -0.388. The lowest BCUT2D eigenvalue weighted by Gasteiger charge is -2.10. The highest BCUT2D eigenvalue weighted by Gasteiger charge is 2.26. The van der Waals surface area contributed by atoms with Gasteiger partial charge in [0, 0.05) is 0 Å². The highest BCUT2D eigenvalue weighted by molar-refractivity contribution is 9.10. The Kier molecular flexibility index (Phi) is 2.79. The summed E-state index contributed by atoms with van der Waals surface area (Å²) in [6, 6.07) is 0. The van der Waals surface area contributed by atoms with Gasteiger partial charge in [0.1, 0.15) is 16.4 Å². The number of nitrogens with one attached hydrogen (secondary N) is 1. The van der Waals surface area contributed by atoms with Crippen LogP contribution in [0.4, 0.5) is 0 Å². The van der Waals surface area contributed by atoms with E-state index in [0.29, 0.717) is 5.82 Å². The molecule has 2 atom stereocenters. The quantitative estimate of drug-likeness (QED) is 0.814. The molecule has 0 spiro atoms. The molecule has 2 heterocycles. The zero-order chi connectivity index (χ0) is 11.0. The minimum atomic E-state index is -0.388. The first kappa shape index (κ1) is 10.6. The van der Waals surface area contributed by atoms with E-state index in [-0.39, 0.29) is 28.1 Å². The molecular formula is C9H11BrN2O3. The molecule has 1 aromatic heterocycles. The number of hydrogen-bond acceptors (Lipinski definition) is 4. The minimum Gasteiger partial charge on any atom is -0.492 e. The summed E-state index contributed by atoms with van der Waals surface area (Å²) in [5, 5.41) is 9.37. The lowest BCUT2D eigenvalue weighted by molar-refractivity contribution is 0.0497. The fourth-order valence-electron chi connectivity index (χ4n) is 1.62. The van der Waals surface area contributed by atoms with Crippen LogP contribution in [0.25, 0.3) is 0 Å². The van der Waals surface area contributed by atoms with E-state index in [0.717, 1.165) is 12.8 Å². The van der Waals surface area contributed by atoms with Crippen LogP contribution in [-0.2, 0) is 4.74 Å². The second-order valence-electron chi connectivity index (χ2n) is 3.60. The van der Waals surface area contributed by atoms with Crippen molar-refractivity contribution in [1.29, 1.82) is 0 Å². The third kappa shape index (κ3) is 2.05. The van der Waals surface area contributed by atoms with Gasteiger partial charge in [-0.1, -0.05) is 0 Å². The van der Waals surface area contributed by atoms with Gasteiger partial charge in [0.05, 0.1) is 6.10 Å². The molecule has 0 aliphatic carbocycles. The van der Waals surface area contributed by atoms with Crippen molar-refractivity contribution in [3.63, 3.8) is 0 Å². The van der Waals surface area contributed by atoms with E-state index in [2.05, 4.69) is 25.9 Å². The third-order valence-electron chi connectivity index (χ3n) is 2.40. The fourth-order valence-corrected chi connectivity index (χ4v) is 1.81. The standard InChI is InChI=1S/C9H11BrN2O3/c1-4-2-3-5(15-4)7-11-8(13)6(10)9(14)12-7/h4-5H,2-3H2,1H3,(H2,11,12,13,14). The first-order valence-electron chi connectivity index (χ1n) is 4.72. The SMILES string of the molecule is CC1CCC(c2nc(O)c(Br)c(=O)[nH]2)O1. The van der Waals surface area contributed by atoms with Crippen molar-refractivity contribution in [3.05, 3.63) is 20.7 Å². The van der Waals surface area contributed by atoms with Gasteiger partial charge in [-0.2, -0.15) is 4.98 Å². The van der Waals surface area contributed by atoms with Crippen LogP contribution in [0.2, 0.25) is 0 Å². The van der Waals surface area contributed by atoms with Gasteiger partial charge in [0.2, 0.25) is 5.88 Å². The number of H-pyrrole nitrogens is 1. The zero-order valence-corrected chi connectivity index (χ0v) is 9.74. The molecule has 0 radical (unpaired) electrons. The molecule has 5 nitrogen and oxygen atoms in total. The van der Waals surface area contributed by atoms with E-state index in [1.807, 2.05) is 6.92 Å². The predicted molar refractivity (Wildman–Crippen MR) is 56.7 cm³/mol. The Labute approximate surface area is 94.6 Å². The van der Waals surface area contributed by atoms with Crippen molar-refractivity contribution in [2.75, 3.05) is 0 Å². The Bertz CT molecular complexity index is 432. The smallest absolute Gasteiger partial charge is 0.269 e. The molecule has 2 unspecified atom stereocenters. The first-order valence-corrected chi connectivity index (χ1v) is 5.51. The molecule has 0 bridgehead atoms. The predicted octanol–water partition coefficient (Wildman–Crippen LogP) is 1.48. The summed E-state index contributed by atoms with van der Waals surface area (Å²) in [5.74, 6) is 0.0990. The van der Waals surface area contributed by atoms with Crippen LogP contribution in [0, 0.1) is 0 Å². The maximum Gasteiger partial charge on any atom is 0.269 e. The van der Waals surface area contributed by atoms with Gasteiger partial charge in [0.25, 0.3) is 5.56 Å². The van der Waals surface area contributed by atoms with Gasteiger partial charge >= 0.3 is 0 Å². The summed E-state index contributed by atoms with van der Waals surface area (Å²) in [6.45, 7) is 1.97. The van der Waals surface area contributed by atoms with Crippen LogP contribution in [0.3, 0.4) is 0 Å². The average molecular weight is 275 g/mol. The Hall–Kier alpha value is -0.880. The Balaban J connectivity index is 2.34. The molecule has 0 saturated carbocycles. The zero-order valence-electron chi connectivity index (χ0n) is 8.16. The lowest BCUT2D eigenvalue weighted by atomic mass is 10.2. The van der Waals surface area contributed by atoms with Crippen LogP contribution in [0.15, 0.2) is 9.27 Å². The molecule has 1 aromatic rings. The minimum absolute atomic E-state index is 0.0531. The molecule has 6 heteroatoms. The second-order valence-corrected chi connectivity index (χ2v) is 4.39. The lowest BCUT2D eigenvalue weighted by Crippen LogP contribution is -2.15. The number of aromatic hydroxyl groups is 1. The molecule has 2 N–H and O–H groups in total. The fraction of sp³-hybridized carbons (Fsp3) is 0.556. The first-order chi connectivity index (χ1) is 7.08. The molecule has 1 aliphatic heterocycles.